The van der Waals surface area contributed by atoms with Crippen LogP contribution >= 0.6 is 11.3 Å². The fourth-order valence-electron chi connectivity index (χ4n) is 3.20. The molecule has 0 aliphatic carbocycles. The molecule has 0 aliphatic rings. The highest BCUT2D eigenvalue weighted by Crippen LogP contribution is 2.23. The number of benzene rings is 1. The lowest BCUT2D eigenvalue weighted by Gasteiger charge is -2.28. The Hall–Kier alpha value is -1.44. The minimum atomic E-state index is -0.683. The summed E-state index contributed by atoms with van der Waals surface area (Å²) >= 11 is 1.78. The molecule has 1 heterocycles. The van der Waals surface area contributed by atoms with Crippen molar-refractivity contribution in [1.82, 2.24) is 5.32 Å². The number of thiophene rings is 1. The second-order valence-corrected chi connectivity index (χ2v) is 9.11. The lowest BCUT2D eigenvalue weighted by Crippen LogP contribution is -2.41. The molecular weight excluding hydrogens is 386 g/mol. The van der Waals surface area contributed by atoms with Crippen LogP contribution < -0.4 is 5.32 Å². The molecule has 2 aromatic rings. The molecule has 162 valence electrons. The summed E-state index contributed by atoms with van der Waals surface area (Å²) < 4.78 is 5.72. The fraction of sp³-hybridized carbons (Fsp3) is 0.565. The summed E-state index contributed by atoms with van der Waals surface area (Å²) in [5, 5.41) is 34.8. The highest BCUT2D eigenvalue weighted by molar-refractivity contribution is 7.09. The highest BCUT2D eigenvalue weighted by atomic mass is 32.1. The van der Waals surface area contributed by atoms with Crippen molar-refractivity contribution in [1.29, 1.82) is 0 Å². The van der Waals surface area contributed by atoms with Crippen molar-refractivity contribution in [2.24, 2.45) is 0 Å². The van der Waals surface area contributed by atoms with Crippen LogP contribution in [0.25, 0.3) is 0 Å². The Morgan fingerprint density at radius 2 is 1.97 bits per heavy atom. The van der Waals surface area contributed by atoms with Gasteiger partial charge < -0.3 is 25.4 Å². The Morgan fingerprint density at radius 1 is 1.14 bits per heavy atom. The zero-order chi connectivity index (χ0) is 21.1. The van der Waals surface area contributed by atoms with Crippen molar-refractivity contribution in [2.45, 2.75) is 64.2 Å². The number of hydrogen-bond donors (Lipinski definition) is 4. The molecule has 0 spiro atoms. The fourth-order valence-corrected chi connectivity index (χ4v) is 3.89. The van der Waals surface area contributed by atoms with Gasteiger partial charge in [-0.3, -0.25) is 0 Å². The number of aromatic hydroxyl groups is 1. The van der Waals surface area contributed by atoms with E-state index in [0.717, 1.165) is 45.3 Å². The summed E-state index contributed by atoms with van der Waals surface area (Å²) in [6.45, 7) is 6.07. The molecule has 2 rings (SSSR count). The maximum Gasteiger partial charge on any atom is 0.121 e. The van der Waals surface area contributed by atoms with Crippen molar-refractivity contribution in [2.75, 3.05) is 19.8 Å². The Morgan fingerprint density at radius 3 is 2.69 bits per heavy atom. The van der Waals surface area contributed by atoms with E-state index in [1.54, 1.807) is 23.5 Å². The van der Waals surface area contributed by atoms with Crippen molar-refractivity contribution in [3.8, 4) is 5.75 Å². The molecule has 6 heteroatoms. The minimum absolute atomic E-state index is 0.0484. The van der Waals surface area contributed by atoms with Gasteiger partial charge >= 0.3 is 0 Å². The molecule has 0 radical (unpaired) electrons. The SMILES string of the molecule is CC(C)(CCCCCOCCc1cccs1)NCC(O)c1ccc(O)c(CO)c1. The van der Waals surface area contributed by atoms with Crippen LogP contribution in [-0.2, 0) is 17.8 Å². The average molecular weight is 422 g/mol. The van der Waals surface area contributed by atoms with E-state index in [2.05, 4.69) is 36.7 Å². The number of ether oxygens (including phenoxy) is 1. The van der Waals surface area contributed by atoms with E-state index >= 15 is 0 Å². The molecule has 5 nitrogen and oxygen atoms in total. The van der Waals surface area contributed by atoms with Crippen molar-refractivity contribution in [3.05, 3.63) is 51.7 Å². The molecule has 4 N–H and O–H groups in total. The van der Waals surface area contributed by atoms with Gasteiger partial charge in [-0.05, 0) is 55.8 Å². The molecule has 0 saturated heterocycles. The first-order valence-corrected chi connectivity index (χ1v) is 11.2. The van der Waals surface area contributed by atoms with Crippen LogP contribution in [0.4, 0.5) is 0 Å². The number of unbranched alkanes of at least 4 members (excludes halogenated alkanes) is 2. The van der Waals surface area contributed by atoms with Crippen molar-refractivity contribution in [3.63, 3.8) is 0 Å². The zero-order valence-corrected chi connectivity index (χ0v) is 18.4. The standard InChI is InChI=1S/C23H35NO4S/c1-23(2,11-4-3-5-12-28-13-10-20-7-6-14-29-20)24-16-22(27)18-8-9-21(26)19(15-18)17-25/h6-9,14-15,22,24-27H,3-5,10-13,16-17H2,1-2H3. The van der Waals surface area contributed by atoms with Gasteiger partial charge in [-0.15, -0.1) is 11.3 Å². The number of nitrogens with one attached hydrogen (secondary N) is 1. The normalized spacial score (nSPS) is 13.0. The number of β-amino-alcohol motifs (C(OH)–C–C–N with tert-alkyl or cyclic N) is 1. The number of aliphatic hydroxyl groups excluding tert-OH is 2. The van der Waals surface area contributed by atoms with Crippen LogP contribution in [0, 0.1) is 0 Å². The summed E-state index contributed by atoms with van der Waals surface area (Å²) in [6.07, 6.45) is 4.64. The average Bonchev–Trinajstić information content (AvgIpc) is 3.22. The van der Waals surface area contributed by atoms with Crippen LogP contribution in [0.2, 0.25) is 0 Å². The molecule has 29 heavy (non-hydrogen) atoms. The Balaban J connectivity index is 1.57. The van der Waals surface area contributed by atoms with Gasteiger partial charge in [0.1, 0.15) is 5.75 Å². The molecule has 0 amide bonds. The van der Waals surface area contributed by atoms with Crippen LogP contribution in [0.15, 0.2) is 35.7 Å². The summed E-state index contributed by atoms with van der Waals surface area (Å²) in [4.78, 5) is 1.37. The predicted octanol–water partition coefficient (Wildman–Crippen LogP) is 4.17. The molecule has 1 aromatic carbocycles. The maximum absolute atomic E-state index is 10.4. The summed E-state index contributed by atoms with van der Waals surface area (Å²) in [5.74, 6) is 0.0484. The topological polar surface area (TPSA) is 82.0 Å². The van der Waals surface area contributed by atoms with E-state index in [1.165, 1.54) is 10.9 Å². The number of hydrogen-bond acceptors (Lipinski definition) is 6. The summed E-state index contributed by atoms with van der Waals surface area (Å²) in [6, 6.07) is 9.07. The highest BCUT2D eigenvalue weighted by Gasteiger charge is 2.19. The van der Waals surface area contributed by atoms with Gasteiger partial charge in [-0.25, -0.2) is 0 Å². The van der Waals surface area contributed by atoms with E-state index in [4.69, 9.17) is 4.74 Å². The van der Waals surface area contributed by atoms with Gasteiger partial charge in [0, 0.05) is 35.6 Å². The molecule has 1 aromatic heterocycles. The molecule has 0 saturated carbocycles. The van der Waals surface area contributed by atoms with Crippen molar-refractivity contribution < 1.29 is 20.1 Å². The quantitative estimate of drug-likeness (QED) is 0.344. The smallest absolute Gasteiger partial charge is 0.121 e. The molecular formula is C23H35NO4S. The molecule has 0 bridgehead atoms. The second kappa shape index (κ2) is 12.3. The first kappa shape index (κ1) is 23.8. The summed E-state index contributed by atoms with van der Waals surface area (Å²) in [7, 11) is 0. The Bertz CT molecular complexity index is 703. The van der Waals surface area contributed by atoms with Crippen LogP contribution in [0.3, 0.4) is 0 Å². The van der Waals surface area contributed by atoms with E-state index in [0.29, 0.717) is 17.7 Å². The molecule has 0 aliphatic heterocycles. The Labute approximate surface area is 178 Å². The van der Waals surface area contributed by atoms with Gasteiger partial charge in [0.15, 0.2) is 0 Å². The van der Waals surface area contributed by atoms with E-state index in [-0.39, 0.29) is 17.9 Å². The number of aliphatic hydroxyl groups is 2. The summed E-state index contributed by atoms with van der Waals surface area (Å²) in [5.41, 5.74) is 1.05. The Kier molecular flexibility index (Phi) is 10.1. The van der Waals surface area contributed by atoms with Gasteiger partial charge in [-0.1, -0.05) is 25.0 Å². The molecule has 1 unspecified atom stereocenters. The largest absolute Gasteiger partial charge is 0.508 e. The van der Waals surface area contributed by atoms with E-state index in [9.17, 15) is 15.3 Å². The third-order valence-electron chi connectivity index (χ3n) is 5.10. The predicted molar refractivity (Wildman–Crippen MR) is 118 cm³/mol. The van der Waals surface area contributed by atoms with E-state index in [1.807, 2.05) is 0 Å². The monoisotopic (exact) mass is 421 g/mol. The third-order valence-corrected chi connectivity index (χ3v) is 6.03. The van der Waals surface area contributed by atoms with Gasteiger partial charge in [0.2, 0.25) is 0 Å². The maximum atomic E-state index is 10.4. The van der Waals surface area contributed by atoms with Gasteiger partial charge in [0.25, 0.3) is 0 Å². The lowest BCUT2D eigenvalue weighted by atomic mass is 9.96. The van der Waals surface area contributed by atoms with E-state index < -0.39 is 6.10 Å². The lowest BCUT2D eigenvalue weighted by molar-refractivity contribution is 0.132. The second-order valence-electron chi connectivity index (χ2n) is 8.08. The first-order valence-electron chi connectivity index (χ1n) is 10.4. The number of rotatable bonds is 14. The molecule has 0 fully saturated rings. The minimum Gasteiger partial charge on any atom is -0.508 e. The van der Waals surface area contributed by atoms with Crippen molar-refractivity contribution >= 4 is 11.3 Å². The number of phenols is 1. The zero-order valence-electron chi connectivity index (χ0n) is 17.6. The van der Waals surface area contributed by atoms with Crippen LogP contribution in [0.1, 0.15) is 61.6 Å². The molecule has 1 atom stereocenters. The first-order chi connectivity index (χ1) is 13.9. The van der Waals surface area contributed by atoms with Crippen LogP contribution in [-0.4, -0.2) is 40.6 Å². The van der Waals surface area contributed by atoms with Crippen LogP contribution in [0.5, 0.6) is 5.75 Å². The third kappa shape index (κ3) is 8.84. The van der Waals surface area contributed by atoms with Gasteiger partial charge in [-0.2, -0.15) is 0 Å². The van der Waals surface area contributed by atoms with Gasteiger partial charge in [0.05, 0.1) is 19.3 Å².